The van der Waals surface area contributed by atoms with E-state index in [1.54, 1.807) is 10.7 Å². The van der Waals surface area contributed by atoms with Crippen LogP contribution in [0.3, 0.4) is 0 Å². The summed E-state index contributed by atoms with van der Waals surface area (Å²) in [4.78, 5) is 11.1. The van der Waals surface area contributed by atoms with Gasteiger partial charge in [0.25, 0.3) is 0 Å². The standard InChI is InChI=1S/C18H15N3O3/c22-11-13-5-1-2-6-15(13)16-10-21(20-19-16)9-14-12-23-17-7-3-4-8-18(17)24-14/h1-8,10-11,14H,9,12H2. The summed E-state index contributed by atoms with van der Waals surface area (Å²) in [5, 5.41) is 8.30. The Kier molecular flexibility index (Phi) is 3.70. The fraction of sp³-hybridized carbons (Fsp3) is 0.167. The highest BCUT2D eigenvalue weighted by atomic mass is 16.6. The van der Waals surface area contributed by atoms with Crippen molar-refractivity contribution in [2.75, 3.05) is 6.61 Å². The number of fused-ring (bicyclic) bond motifs is 1. The van der Waals surface area contributed by atoms with Gasteiger partial charge in [-0.05, 0) is 12.1 Å². The molecule has 0 amide bonds. The van der Waals surface area contributed by atoms with E-state index in [-0.39, 0.29) is 6.10 Å². The number of carbonyl (C=O) groups excluding carboxylic acids is 1. The molecular weight excluding hydrogens is 306 g/mol. The van der Waals surface area contributed by atoms with Crippen molar-refractivity contribution in [1.29, 1.82) is 0 Å². The number of aromatic nitrogens is 3. The summed E-state index contributed by atoms with van der Waals surface area (Å²) in [5.74, 6) is 1.49. The number of carbonyl (C=O) groups is 1. The first kappa shape index (κ1) is 14.4. The molecule has 6 nitrogen and oxygen atoms in total. The molecule has 0 bridgehead atoms. The van der Waals surface area contributed by atoms with Crippen LogP contribution in [0.4, 0.5) is 0 Å². The van der Waals surface area contributed by atoms with Crippen molar-refractivity contribution in [2.45, 2.75) is 12.6 Å². The van der Waals surface area contributed by atoms with Gasteiger partial charge in [-0.3, -0.25) is 4.79 Å². The van der Waals surface area contributed by atoms with E-state index in [0.717, 1.165) is 23.3 Å². The lowest BCUT2D eigenvalue weighted by Crippen LogP contribution is -2.33. The second-order valence-electron chi connectivity index (χ2n) is 5.53. The van der Waals surface area contributed by atoms with Crippen LogP contribution in [0.15, 0.2) is 54.7 Å². The maximum atomic E-state index is 11.1. The molecule has 0 saturated carbocycles. The van der Waals surface area contributed by atoms with Crippen LogP contribution in [0.5, 0.6) is 11.5 Å². The predicted octanol–water partition coefficient (Wildman–Crippen LogP) is 2.60. The third-order valence-electron chi connectivity index (χ3n) is 3.86. The summed E-state index contributed by atoms with van der Waals surface area (Å²) < 4.78 is 13.3. The zero-order valence-corrected chi connectivity index (χ0v) is 12.8. The lowest BCUT2D eigenvalue weighted by Gasteiger charge is -2.26. The van der Waals surface area contributed by atoms with E-state index in [1.807, 2.05) is 48.7 Å². The van der Waals surface area contributed by atoms with Crippen molar-refractivity contribution < 1.29 is 14.3 Å². The van der Waals surface area contributed by atoms with Gasteiger partial charge in [0.05, 0.1) is 12.7 Å². The van der Waals surface area contributed by atoms with Crippen molar-refractivity contribution >= 4 is 6.29 Å². The number of hydrogen-bond donors (Lipinski definition) is 0. The van der Waals surface area contributed by atoms with Crippen LogP contribution in [-0.4, -0.2) is 34.0 Å². The third-order valence-corrected chi connectivity index (χ3v) is 3.86. The summed E-state index contributed by atoms with van der Waals surface area (Å²) in [7, 11) is 0. The number of para-hydroxylation sites is 2. The maximum absolute atomic E-state index is 11.1. The second kappa shape index (κ2) is 6.16. The van der Waals surface area contributed by atoms with Crippen LogP contribution in [0.1, 0.15) is 10.4 Å². The fourth-order valence-corrected chi connectivity index (χ4v) is 2.71. The summed E-state index contributed by atoms with van der Waals surface area (Å²) in [6.45, 7) is 0.974. The molecule has 2 heterocycles. The first-order valence-corrected chi connectivity index (χ1v) is 7.66. The van der Waals surface area contributed by atoms with Crippen LogP contribution in [0.2, 0.25) is 0 Å². The van der Waals surface area contributed by atoms with Gasteiger partial charge in [0.1, 0.15) is 12.3 Å². The predicted molar refractivity (Wildman–Crippen MR) is 87.2 cm³/mol. The van der Waals surface area contributed by atoms with Gasteiger partial charge in [-0.25, -0.2) is 4.68 Å². The van der Waals surface area contributed by atoms with E-state index >= 15 is 0 Å². The van der Waals surface area contributed by atoms with E-state index in [9.17, 15) is 4.79 Å². The summed E-state index contributed by atoms with van der Waals surface area (Å²) >= 11 is 0. The largest absolute Gasteiger partial charge is 0.486 e. The smallest absolute Gasteiger partial charge is 0.161 e. The topological polar surface area (TPSA) is 66.2 Å². The van der Waals surface area contributed by atoms with Crippen molar-refractivity contribution in [2.24, 2.45) is 0 Å². The minimum Gasteiger partial charge on any atom is -0.486 e. The molecule has 120 valence electrons. The molecule has 1 atom stereocenters. The minimum absolute atomic E-state index is 0.143. The Bertz CT molecular complexity index is 875. The molecule has 24 heavy (non-hydrogen) atoms. The Morgan fingerprint density at radius 1 is 1.12 bits per heavy atom. The number of ether oxygens (including phenoxy) is 2. The molecule has 0 spiro atoms. The van der Waals surface area contributed by atoms with Crippen LogP contribution in [-0.2, 0) is 6.54 Å². The zero-order chi connectivity index (χ0) is 16.4. The first-order chi connectivity index (χ1) is 11.8. The lowest BCUT2D eigenvalue weighted by atomic mass is 10.1. The highest BCUT2D eigenvalue weighted by Gasteiger charge is 2.21. The van der Waals surface area contributed by atoms with E-state index in [4.69, 9.17) is 9.47 Å². The monoisotopic (exact) mass is 321 g/mol. The number of aldehydes is 1. The Hall–Kier alpha value is -3.15. The molecule has 3 aromatic rings. The molecular formula is C18H15N3O3. The highest BCUT2D eigenvalue weighted by molar-refractivity contribution is 5.86. The molecule has 2 aromatic carbocycles. The summed E-state index contributed by atoms with van der Waals surface area (Å²) in [6, 6.07) is 14.9. The van der Waals surface area contributed by atoms with Gasteiger partial charge in [-0.15, -0.1) is 5.10 Å². The molecule has 1 aliphatic heterocycles. The van der Waals surface area contributed by atoms with E-state index in [0.29, 0.717) is 24.4 Å². The van der Waals surface area contributed by atoms with Crippen molar-refractivity contribution in [1.82, 2.24) is 15.0 Å². The molecule has 1 unspecified atom stereocenters. The van der Waals surface area contributed by atoms with Gasteiger partial charge in [-0.1, -0.05) is 41.6 Å². The Balaban J connectivity index is 1.51. The quantitative estimate of drug-likeness (QED) is 0.691. The van der Waals surface area contributed by atoms with Crippen LogP contribution in [0.25, 0.3) is 11.3 Å². The average molecular weight is 321 g/mol. The average Bonchev–Trinajstić information content (AvgIpc) is 3.10. The normalized spacial score (nSPS) is 15.9. The first-order valence-electron chi connectivity index (χ1n) is 7.66. The zero-order valence-electron chi connectivity index (χ0n) is 12.8. The van der Waals surface area contributed by atoms with E-state index in [1.165, 1.54) is 0 Å². The molecule has 4 rings (SSSR count). The number of nitrogens with zero attached hydrogens (tertiary/aromatic N) is 3. The van der Waals surface area contributed by atoms with Gasteiger partial charge in [0.2, 0.25) is 0 Å². The second-order valence-corrected chi connectivity index (χ2v) is 5.53. The van der Waals surface area contributed by atoms with Gasteiger partial charge in [0, 0.05) is 11.1 Å². The third kappa shape index (κ3) is 2.74. The number of hydrogen-bond acceptors (Lipinski definition) is 5. The minimum atomic E-state index is -0.143. The SMILES string of the molecule is O=Cc1ccccc1-c1cn(CC2COc3ccccc3O2)nn1. The van der Waals surface area contributed by atoms with Crippen LogP contribution in [0, 0.1) is 0 Å². The molecule has 1 aromatic heterocycles. The van der Waals surface area contributed by atoms with Crippen molar-refractivity contribution in [3.05, 3.63) is 60.3 Å². The maximum Gasteiger partial charge on any atom is 0.161 e. The van der Waals surface area contributed by atoms with Gasteiger partial charge in [0.15, 0.2) is 23.9 Å². The molecule has 0 fully saturated rings. The van der Waals surface area contributed by atoms with Crippen LogP contribution >= 0.6 is 0 Å². The Morgan fingerprint density at radius 2 is 1.92 bits per heavy atom. The van der Waals surface area contributed by atoms with Crippen LogP contribution < -0.4 is 9.47 Å². The van der Waals surface area contributed by atoms with Gasteiger partial charge in [-0.2, -0.15) is 0 Å². The van der Waals surface area contributed by atoms with E-state index in [2.05, 4.69) is 10.3 Å². The summed E-state index contributed by atoms with van der Waals surface area (Å²) in [5.41, 5.74) is 2.02. The molecule has 0 radical (unpaired) electrons. The Labute approximate surface area is 138 Å². The number of benzene rings is 2. The highest BCUT2D eigenvalue weighted by Crippen LogP contribution is 2.31. The molecule has 0 aliphatic carbocycles. The van der Waals surface area contributed by atoms with Gasteiger partial charge >= 0.3 is 0 Å². The molecule has 6 heteroatoms. The van der Waals surface area contributed by atoms with E-state index < -0.39 is 0 Å². The number of rotatable bonds is 4. The lowest BCUT2D eigenvalue weighted by molar-refractivity contribution is 0.0755. The van der Waals surface area contributed by atoms with Crippen molar-refractivity contribution in [3.63, 3.8) is 0 Å². The fourth-order valence-electron chi connectivity index (χ4n) is 2.71. The van der Waals surface area contributed by atoms with Gasteiger partial charge < -0.3 is 9.47 Å². The summed E-state index contributed by atoms with van der Waals surface area (Å²) in [6.07, 6.45) is 2.49. The molecule has 0 saturated heterocycles. The molecule has 1 aliphatic rings. The Morgan fingerprint density at radius 3 is 2.79 bits per heavy atom. The van der Waals surface area contributed by atoms with Crippen molar-refractivity contribution in [3.8, 4) is 22.8 Å². The molecule has 0 N–H and O–H groups in total.